The fourth-order valence-corrected chi connectivity index (χ4v) is 2.97. The molecule has 2 aromatic carbocycles. The van der Waals surface area contributed by atoms with Crippen molar-refractivity contribution in [3.05, 3.63) is 65.7 Å². The van der Waals surface area contributed by atoms with Gasteiger partial charge in [-0.2, -0.15) is 0 Å². The van der Waals surface area contributed by atoms with Gasteiger partial charge in [-0.05, 0) is 30.5 Å². The third kappa shape index (κ3) is 3.39. The van der Waals surface area contributed by atoms with E-state index in [1.165, 1.54) is 10.5 Å². The zero-order valence-corrected chi connectivity index (χ0v) is 14.0. The number of benzene rings is 2. The molecule has 0 unspecified atom stereocenters. The van der Waals surface area contributed by atoms with Crippen LogP contribution in [0.3, 0.4) is 0 Å². The maximum Gasteiger partial charge on any atom is 0.251 e. The zero-order chi connectivity index (χ0) is 17.1. The average Bonchev–Trinajstić information content (AvgIpc) is 2.88. The molecule has 1 aliphatic heterocycles. The summed E-state index contributed by atoms with van der Waals surface area (Å²) in [5.41, 5.74) is 2.97. The lowest BCUT2D eigenvalue weighted by atomic mass is 10.0. The third-order valence-corrected chi connectivity index (χ3v) is 4.48. The first-order valence-electron chi connectivity index (χ1n) is 8.28. The van der Waals surface area contributed by atoms with E-state index in [-0.39, 0.29) is 24.2 Å². The van der Waals surface area contributed by atoms with E-state index in [0.29, 0.717) is 12.2 Å². The number of aryl methyl sites for hydroxylation is 1. The molecule has 4 heteroatoms. The fourth-order valence-electron chi connectivity index (χ4n) is 2.97. The van der Waals surface area contributed by atoms with Crippen LogP contribution in [0, 0.1) is 6.92 Å². The summed E-state index contributed by atoms with van der Waals surface area (Å²) in [6.07, 6.45) is 0.216. The maximum atomic E-state index is 12.6. The van der Waals surface area contributed by atoms with Crippen LogP contribution >= 0.6 is 0 Å². The minimum atomic E-state index is -0.440. The van der Waals surface area contributed by atoms with E-state index in [4.69, 9.17) is 0 Å². The third-order valence-electron chi connectivity index (χ3n) is 4.48. The van der Waals surface area contributed by atoms with Crippen LogP contribution in [-0.4, -0.2) is 24.4 Å². The summed E-state index contributed by atoms with van der Waals surface area (Å²) in [5, 5.41) is 3.26. The SMILES string of the molecule is Cc1ccc(N2C(=O)C[C@@H](NC[C@@H](C)c3ccccc3)C2=O)cc1. The van der Waals surface area contributed by atoms with Crippen LogP contribution in [0.5, 0.6) is 0 Å². The number of rotatable bonds is 5. The standard InChI is InChI=1S/C20H22N2O2/c1-14-8-10-17(11-9-14)22-19(23)12-18(20(22)24)21-13-15(2)16-6-4-3-5-7-16/h3-11,15,18,21H,12-13H2,1-2H3/t15-,18-/m1/s1. The normalized spacial score (nSPS) is 18.9. The molecule has 4 nitrogen and oxygen atoms in total. The molecule has 0 radical (unpaired) electrons. The Hall–Kier alpha value is -2.46. The Morgan fingerprint density at radius 2 is 1.75 bits per heavy atom. The van der Waals surface area contributed by atoms with Crippen molar-refractivity contribution in [3.8, 4) is 0 Å². The maximum absolute atomic E-state index is 12.6. The predicted octanol–water partition coefficient (Wildman–Crippen LogP) is 3.02. The molecule has 0 saturated carbocycles. The average molecular weight is 322 g/mol. The summed E-state index contributed by atoms with van der Waals surface area (Å²) in [4.78, 5) is 26.1. The Morgan fingerprint density at radius 3 is 2.42 bits per heavy atom. The van der Waals surface area contributed by atoms with E-state index in [0.717, 1.165) is 5.56 Å². The minimum Gasteiger partial charge on any atom is -0.305 e. The lowest BCUT2D eigenvalue weighted by Crippen LogP contribution is -2.40. The minimum absolute atomic E-state index is 0.145. The first-order chi connectivity index (χ1) is 11.6. The molecule has 2 aromatic rings. The van der Waals surface area contributed by atoms with Crippen LogP contribution < -0.4 is 10.2 Å². The lowest BCUT2D eigenvalue weighted by molar-refractivity contribution is -0.121. The number of carbonyl (C=O) groups excluding carboxylic acids is 2. The molecule has 24 heavy (non-hydrogen) atoms. The number of carbonyl (C=O) groups is 2. The van der Waals surface area contributed by atoms with Gasteiger partial charge in [0.1, 0.15) is 0 Å². The highest BCUT2D eigenvalue weighted by Crippen LogP contribution is 2.23. The monoisotopic (exact) mass is 322 g/mol. The van der Waals surface area contributed by atoms with Crippen LogP contribution in [-0.2, 0) is 9.59 Å². The molecule has 1 aliphatic rings. The van der Waals surface area contributed by atoms with Gasteiger partial charge in [0.25, 0.3) is 5.91 Å². The van der Waals surface area contributed by atoms with Crippen molar-refractivity contribution in [2.75, 3.05) is 11.4 Å². The topological polar surface area (TPSA) is 49.4 Å². The second-order valence-corrected chi connectivity index (χ2v) is 6.38. The zero-order valence-electron chi connectivity index (χ0n) is 14.0. The predicted molar refractivity (Wildman–Crippen MR) is 94.9 cm³/mol. The largest absolute Gasteiger partial charge is 0.305 e. The molecule has 1 fully saturated rings. The highest BCUT2D eigenvalue weighted by atomic mass is 16.2. The van der Waals surface area contributed by atoms with E-state index >= 15 is 0 Å². The molecular weight excluding hydrogens is 300 g/mol. The fraction of sp³-hybridized carbons (Fsp3) is 0.300. The quantitative estimate of drug-likeness (QED) is 0.861. The summed E-state index contributed by atoms with van der Waals surface area (Å²) in [5.74, 6) is -0.0274. The van der Waals surface area contributed by atoms with Gasteiger partial charge in [0.15, 0.2) is 0 Å². The molecule has 0 aromatic heterocycles. The van der Waals surface area contributed by atoms with Gasteiger partial charge in [-0.15, -0.1) is 0 Å². The summed E-state index contributed by atoms with van der Waals surface area (Å²) in [6, 6.07) is 17.2. The van der Waals surface area contributed by atoms with Crippen molar-refractivity contribution < 1.29 is 9.59 Å². The molecule has 0 bridgehead atoms. The van der Waals surface area contributed by atoms with Crippen LogP contribution in [0.4, 0.5) is 5.69 Å². The number of amides is 2. The van der Waals surface area contributed by atoms with Gasteiger partial charge in [-0.3, -0.25) is 9.59 Å². The van der Waals surface area contributed by atoms with Crippen LogP contribution in [0.1, 0.15) is 30.4 Å². The van der Waals surface area contributed by atoms with E-state index in [1.54, 1.807) is 0 Å². The van der Waals surface area contributed by atoms with Crippen molar-refractivity contribution in [3.63, 3.8) is 0 Å². The van der Waals surface area contributed by atoms with Gasteiger partial charge in [0.2, 0.25) is 5.91 Å². The Bertz CT molecular complexity index is 725. The second-order valence-electron chi connectivity index (χ2n) is 6.38. The number of hydrogen-bond donors (Lipinski definition) is 1. The molecule has 124 valence electrons. The Morgan fingerprint density at radius 1 is 1.08 bits per heavy atom. The van der Waals surface area contributed by atoms with Gasteiger partial charge in [0, 0.05) is 6.54 Å². The molecule has 0 spiro atoms. The van der Waals surface area contributed by atoms with Crippen molar-refractivity contribution in [1.29, 1.82) is 0 Å². The summed E-state index contributed by atoms with van der Waals surface area (Å²) in [7, 11) is 0. The molecule has 1 N–H and O–H groups in total. The van der Waals surface area contributed by atoms with E-state index in [2.05, 4.69) is 24.4 Å². The highest BCUT2D eigenvalue weighted by Gasteiger charge is 2.39. The molecule has 1 saturated heterocycles. The molecule has 2 atom stereocenters. The van der Waals surface area contributed by atoms with Crippen LogP contribution in [0.15, 0.2) is 54.6 Å². The first kappa shape index (κ1) is 16.4. The molecular formula is C20H22N2O2. The van der Waals surface area contributed by atoms with Gasteiger partial charge in [-0.1, -0.05) is 55.0 Å². The lowest BCUT2D eigenvalue weighted by Gasteiger charge is -2.18. The smallest absolute Gasteiger partial charge is 0.251 e. The Kier molecular flexibility index (Phi) is 4.76. The van der Waals surface area contributed by atoms with Gasteiger partial charge in [-0.25, -0.2) is 4.90 Å². The number of hydrogen-bond acceptors (Lipinski definition) is 3. The van der Waals surface area contributed by atoms with Gasteiger partial charge >= 0.3 is 0 Å². The van der Waals surface area contributed by atoms with E-state index in [9.17, 15) is 9.59 Å². The number of imide groups is 1. The number of nitrogens with zero attached hydrogens (tertiary/aromatic N) is 1. The second kappa shape index (κ2) is 6.97. The van der Waals surface area contributed by atoms with Crippen LogP contribution in [0.2, 0.25) is 0 Å². The van der Waals surface area contributed by atoms with Crippen LogP contribution in [0.25, 0.3) is 0 Å². The summed E-state index contributed by atoms with van der Waals surface area (Å²) in [6.45, 7) is 4.75. The van der Waals surface area contributed by atoms with Crippen molar-refractivity contribution in [2.45, 2.75) is 32.2 Å². The summed E-state index contributed by atoms with van der Waals surface area (Å²) >= 11 is 0. The Labute approximate surface area is 142 Å². The van der Waals surface area contributed by atoms with Crippen molar-refractivity contribution >= 4 is 17.5 Å². The van der Waals surface area contributed by atoms with E-state index in [1.807, 2.05) is 49.4 Å². The number of anilines is 1. The highest BCUT2D eigenvalue weighted by molar-refractivity contribution is 6.22. The molecule has 2 amide bonds. The van der Waals surface area contributed by atoms with E-state index < -0.39 is 6.04 Å². The van der Waals surface area contributed by atoms with Gasteiger partial charge in [0.05, 0.1) is 18.2 Å². The first-order valence-corrected chi connectivity index (χ1v) is 8.28. The Balaban J connectivity index is 1.65. The molecule has 3 rings (SSSR count). The summed E-state index contributed by atoms with van der Waals surface area (Å²) < 4.78 is 0. The van der Waals surface area contributed by atoms with Crippen molar-refractivity contribution in [2.24, 2.45) is 0 Å². The molecule has 0 aliphatic carbocycles. The molecule has 1 heterocycles. The van der Waals surface area contributed by atoms with Crippen molar-refractivity contribution in [1.82, 2.24) is 5.32 Å². The van der Waals surface area contributed by atoms with Gasteiger partial charge < -0.3 is 5.32 Å². The number of nitrogens with one attached hydrogen (secondary N) is 1.